The zero-order valence-electron chi connectivity index (χ0n) is 16.2. The van der Waals surface area contributed by atoms with Gasteiger partial charge in [-0.25, -0.2) is 4.68 Å². The highest BCUT2D eigenvalue weighted by atomic mass is 16.2. The molecule has 0 bridgehead atoms. The number of carbonyl (C=O) groups is 1. The summed E-state index contributed by atoms with van der Waals surface area (Å²) in [4.78, 5) is 17.1. The Bertz CT molecular complexity index is 929. The van der Waals surface area contributed by atoms with E-state index in [1.807, 2.05) is 35.2 Å². The largest absolute Gasteiger partial charge is 0.335 e. The zero-order chi connectivity index (χ0) is 19.3. The van der Waals surface area contributed by atoms with Gasteiger partial charge in [-0.3, -0.25) is 9.69 Å². The first kappa shape index (κ1) is 18.4. The predicted octanol–water partition coefficient (Wildman–Crippen LogP) is 2.59. The summed E-state index contributed by atoms with van der Waals surface area (Å²) in [6.45, 7) is 6.88. The summed E-state index contributed by atoms with van der Waals surface area (Å²) < 4.78 is 1.72. The van der Waals surface area contributed by atoms with Crippen LogP contribution in [0.4, 0.5) is 0 Å². The van der Waals surface area contributed by atoms with E-state index in [9.17, 15) is 4.79 Å². The van der Waals surface area contributed by atoms with E-state index in [2.05, 4.69) is 46.4 Å². The summed E-state index contributed by atoms with van der Waals surface area (Å²) in [5.41, 5.74) is 4.22. The number of benzene rings is 2. The highest BCUT2D eigenvalue weighted by Crippen LogP contribution is 2.13. The van der Waals surface area contributed by atoms with Crippen molar-refractivity contribution in [2.45, 2.75) is 20.0 Å². The molecule has 0 unspecified atom stereocenters. The molecule has 1 aliphatic rings. The second kappa shape index (κ2) is 8.35. The van der Waals surface area contributed by atoms with Crippen LogP contribution in [0.2, 0.25) is 0 Å². The van der Waals surface area contributed by atoms with E-state index < -0.39 is 0 Å². The lowest BCUT2D eigenvalue weighted by Gasteiger charge is -2.34. The Morgan fingerprint density at radius 1 is 0.929 bits per heavy atom. The molecule has 0 aliphatic carbocycles. The minimum atomic E-state index is -0.0325. The summed E-state index contributed by atoms with van der Waals surface area (Å²) in [7, 11) is 0. The van der Waals surface area contributed by atoms with Crippen LogP contribution in [0.3, 0.4) is 0 Å². The van der Waals surface area contributed by atoms with Crippen LogP contribution in [0.5, 0.6) is 0 Å². The molecule has 0 atom stereocenters. The molecule has 2 aromatic carbocycles. The number of nitrogens with zero attached hydrogens (tertiary/aromatic N) is 5. The maximum atomic E-state index is 12.8. The van der Waals surface area contributed by atoms with Crippen molar-refractivity contribution in [1.29, 1.82) is 0 Å². The van der Waals surface area contributed by atoms with Gasteiger partial charge < -0.3 is 4.90 Å². The minimum Gasteiger partial charge on any atom is -0.335 e. The lowest BCUT2D eigenvalue weighted by atomic mass is 10.1. The minimum absolute atomic E-state index is 0.0325. The van der Waals surface area contributed by atoms with E-state index in [1.165, 1.54) is 11.1 Å². The molecule has 1 amide bonds. The fourth-order valence-electron chi connectivity index (χ4n) is 3.54. The third kappa shape index (κ3) is 4.28. The van der Waals surface area contributed by atoms with Crippen LogP contribution >= 0.6 is 0 Å². The van der Waals surface area contributed by atoms with Crippen LogP contribution in [0, 0.1) is 6.92 Å². The molecular weight excluding hydrogens is 350 g/mol. The van der Waals surface area contributed by atoms with Crippen molar-refractivity contribution < 1.29 is 4.79 Å². The van der Waals surface area contributed by atoms with Gasteiger partial charge in [0.1, 0.15) is 0 Å². The number of piperazine rings is 1. The molecule has 0 N–H and O–H groups in total. The average Bonchev–Trinajstić information content (AvgIpc) is 3.19. The summed E-state index contributed by atoms with van der Waals surface area (Å²) in [5, 5.41) is 8.21. The van der Waals surface area contributed by atoms with E-state index in [4.69, 9.17) is 0 Å². The Labute approximate surface area is 165 Å². The molecule has 4 rings (SSSR count). The topological polar surface area (TPSA) is 54.3 Å². The van der Waals surface area contributed by atoms with Crippen molar-refractivity contribution in [2.24, 2.45) is 0 Å². The standard InChI is InChI=1S/C22H25N5O/c1-18-7-5-6-10-20(18)16-25-11-13-26(14-12-25)22(28)21-17-27(24-23-21)15-19-8-3-2-4-9-19/h2-10,17H,11-16H2,1H3. The van der Waals surface area contributed by atoms with Crippen LogP contribution in [-0.4, -0.2) is 56.9 Å². The molecule has 3 aromatic rings. The van der Waals surface area contributed by atoms with Crippen molar-refractivity contribution in [1.82, 2.24) is 24.8 Å². The molecule has 1 aromatic heterocycles. The maximum Gasteiger partial charge on any atom is 0.276 e. The van der Waals surface area contributed by atoms with Crippen molar-refractivity contribution >= 4 is 5.91 Å². The van der Waals surface area contributed by atoms with Gasteiger partial charge in [-0.1, -0.05) is 59.8 Å². The van der Waals surface area contributed by atoms with Crippen molar-refractivity contribution in [2.75, 3.05) is 26.2 Å². The van der Waals surface area contributed by atoms with Gasteiger partial charge in [0.25, 0.3) is 5.91 Å². The molecule has 2 heterocycles. The number of aryl methyl sites for hydroxylation is 1. The number of hydrogen-bond donors (Lipinski definition) is 0. The van der Waals surface area contributed by atoms with E-state index in [-0.39, 0.29) is 5.91 Å². The van der Waals surface area contributed by atoms with Gasteiger partial charge in [0.15, 0.2) is 5.69 Å². The van der Waals surface area contributed by atoms with E-state index in [0.29, 0.717) is 12.2 Å². The monoisotopic (exact) mass is 375 g/mol. The van der Waals surface area contributed by atoms with Crippen molar-refractivity contribution in [3.63, 3.8) is 0 Å². The average molecular weight is 375 g/mol. The van der Waals surface area contributed by atoms with Gasteiger partial charge in [-0.2, -0.15) is 0 Å². The van der Waals surface area contributed by atoms with E-state index >= 15 is 0 Å². The molecule has 144 valence electrons. The van der Waals surface area contributed by atoms with Gasteiger partial charge in [0.05, 0.1) is 12.7 Å². The number of carbonyl (C=O) groups excluding carboxylic acids is 1. The van der Waals surface area contributed by atoms with Crippen LogP contribution in [0.1, 0.15) is 27.2 Å². The number of rotatable bonds is 5. The number of aromatic nitrogens is 3. The Hall–Kier alpha value is -2.99. The summed E-state index contributed by atoms with van der Waals surface area (Å²) >= 11 is 0. The van der Waals surface area contributed by atoms with Crippen LogP contribution < -0.4 is 0 Å². The molecule has 1 aliphatic heterocycles. The number of amides is 1. The van der Waals surface area contributed by atoms with Gasteiger partial charge in [-0.05, 0) is 23.6 Å². The Balaban J connectivity index is 1.32. The number of hydrogen-bond acceptors (Lipinski definition) is 4. The van der Waals surface area contributed by atoms with Crippen molar-refractivity contribution in [3.8, 4) is 0 Å². The summed E-state index contributed by atoms with van der Waals surface area (Å²) in [6, 6.07) is 18.5. The van der Waals surface area contributed by atoms with Gasteiger partial charge in [0.2, 0.25) is 0 Å². The highest BCUT2D eigenvalue weighted by Gasteiger charge is 2.24. The Morgan fingerprint density at radius 3 is 2.39 bits per heavy atom. The molecule has 0 saturated carbocycles. The second-order valence-corrected chi connectivity index (χ2v) is 7.28. The zero-order valence-corrected chi connectivity index (χ0v) is 16.2. The normalized spacial score (nSPS) is 15.0. The highest BCUT2D eigenvalue weighted by molar-refractivity contribution is 5.92. The molecule has 0 spiro atoms. The third-order valence-electron chi connectivity index (χ3n) is 5.26. The van der Waals surface area contributed by atoms with Crippen LogP contribution in [0.25, 0.3) is 0 Å². The van der Waals surface area contributed by atoms with Crippen LogP contribution in [-0.2, 0) is 13.1 Å². The van der Waals surface area contributed by atoms with E-state index in [0.717, 1.165) is 38.3 Å². The molecule has 28 heavy (non-hydrogen) atoms. The summed E-state index contributed by atoms with van der Waals surface area (Å²) in [5.74, 6) is -0.0325. The molecular formula is C22H25N5O. The fourth-order valence-corrected chi connectivity index (χ4v) is 3.54. The molecule has 1 fully saturated rings. The van der Waals surface area contributed by atoms with Gasteiger partial charge >= 0.3 is 0 Å². The third-order valence-corrected chi connectivity index (χ3v) is 5.26. The summed E-state index contributed by atoms with van der Waals surface area (Å²) in [6.07, 6.45) is 1.75. The smallest absolute Gasteiger partial charge is 0.276 e. The molecule has 6 heteroatoms. The molecule has 0 radical (unpaired) electrons. The maximum absolute atomic E-state index is 12.8. The predicted molar refractivity (Wildman–Crippen MR) is 108 cm³/mol. The fraction of sp³-hybridized carbons (Fsp3) is 0.318. The van der Waals surface area contributed by atoms with Crippen molar-refractivity contribution in [3.05, 3.63) is 83.2 Å². The molecule has 1 saturated heterocycles. The van der Waals surface area contributed by atoms with Crippen LogP contribution in [0.15, 0.2) is 60.8 Å². The van der Waals surface area contributed by atoms with E-state index in [1.54, 1.807) is 10.9 Å². The first-order chi connectivity index (χ1) is 13.7. The lowest BCUT2D eigenvalue weighted by molar-refractivity contribution is 0.0622. The molecule has 6 nitrogen and oxygen atoms in total. The lowest BCUT2D eigenvalue weighted by Crippen LogP contribution is -2.48. The Morgan fingerprint density at radius 2 is 1.64 bits per heavy atom. The second-order valence-electron chi connectivity index (χ2n) is 7.28. The Kier molecular flexibility index (Phi) is 5.48. The first-order valence-electron chi connectivity index (χ1n) is 9.69. The van der Waals surface area contributed by atoms with Gasteiger partial charge in [0, 0.05) is 32.7 Å². The SMILES string of the molecule is Cc1ccccc1CN1CCN(C(=O)c2cn(Cc3ccccc3)nn2)CC1. The first-order valence-corrected chi connectivity index (χ1v) is 9.69. The quantitative estimate of drug-likeness (QED) is 0.688. The van der Waals surface area contributed by atoms with Gasteiger partial charge in [-0.15, -0.1) is 5.10 Å².